The van der Waals surface area contributed by atoms with Crippen molar-refractivity contribution in [2.75, 3.05) is 52.5 Å². The highest BCUT2D eigenvalue weighted by atomic mass is 32.2. The first-order chi connectivity index (χ1) is 16.5. The summed E-state index contributed by atoms with van der Waals surface area (Å²) in [5.74, 6) is 1.06. The number of hydrogen-bond acceptors (Lipinski definition) is 5. The molecular formula is C26H31F3N2O2S. The van der Waals surface area contributed by atoms with Gasteiger partial charge in [-0.1, -0.05) is 18.2 Å². The van der Waals surface area contributed by atoms with E-state index in [0.717, 1.165) is 70.1 Å². The summed E-state index contributed by atoms with van der Waals surface area (Å²) in [5, 5.41) is 0. The number of nitrogens with zero attached hydrogens (tertiary/aromatic N) is 2. The van der Waals surface area contributed by atoms with Crippen molar-refractivity contribution < 1.29 is 22.6 Å². The van der Waals surface area contributed by atoms with Crippen LogP contribution in [-0.4, -0.2) is 67.9 Å². The summed E-state index contributed by atoms with van der Waals surface area (Å²) in [7, 11) is 0. The summed E-state index contributed by atoms with van der Waals surface area (Å²) in [6.07, 6.45) is 3.29. The molecular weight excluding hydrogens is 461 g/mol. The van der Waals surface area contributed by atoms with E-state index in [2.05, 4.69) is 28.0 Å². The van der Waals surface area contributed by atoms with Crippen molar-refractivity contribution in [3.8, 4) is 5.75 Å². The molecule has 0 N–H and O–H groups in total. The quantitative estimate of drug-likeness (QED) is 0.366. The van der Waals surface area contributed by atoms with Crippen molar-refractivity contribution in [3.63, 3.8) is 0 Å². The van der Waals surface area contributed by atoms with E-state index in [-0.39, 0.29) is 22.6 Å². The highest BCUT2D eigenvalue weighted by Crippen LogP contribution is 2.46. The van der Waals surface area contributed by atoms with Crippen molar-refractivity contribution in [3.05, 3.63) is 59.2 Å². The number of benzene rings is 2. The van der Waals surface area contributed by atoms with Gasteiger partial charge in [-0.15, -0.1) is 0 Å². The second-order valence-corrected chi connectivity index (χ2v) is 10.4. The van der Waals surface area contributed by atoms with Gasteiger partial charge in [0.15, 0.2) is 0 Å². The third-order valence-corrected chi connectivity index (χ3v) is 7.82. The van der Waals surface area contributed by atoms with E-state index in [1.807, 2.05) is 12.1 Å². The number of halogens is 3. The Morgan fingerprint density at radius 3 is 2.56 bits per heavy atom. The zero-order valence-electron chi connectivity index (χ0n) is 19.2. The van der Waals surface area contributed by atoms with E-state index < -0.39 is 5.51 Å². The van der Waals surface area contributed by atoms with Crippen LogP contribution in [0.5, 0.6) is 5.75 Å². The minimum Gasteiger partial charge on any atom is -0.494 e. The number of morpholine rings is 1. The molecule has 0 unspecified atom stereocenters. The fourth-order valence-corrected chi connectivity index (χ4v) is 6.01. The van der Waals surface area contributed by atoms with Gasteiger partial charge in [-0.25, -0.2) is 0 Å². The molecule has 5 rings (SSSR count). The van der Waals surface area contributed by atoms with Gasteiger partial charge in [-0.3, -0.25) is 9.80 Å². The van der Waals surface area contributed by atoms with E-state index in [9.17, 15) is 13.2 Å². The largest absolute Gasteiger partial charge is 0.494 e. The molecule has 0 spiro atoms. The Labute approximate surface area is 203 Å². The van der Waals surface area contributed by atoms with E-state index >= 15 is 0 Å². The monoisotopic (exact) mass is 492 g/mol. The highest BCUT2D eigenvalue weighted by Gasteiger charge is 2.37. The smallest absolute Gasteiger partial charge is 0.446 e. The van der Waals surface area contributed by atoms with Crippen LogP contribution in [0.1, 0.15) is 47.9 Å². The van der Waals surface area contributed by atoms with E-state index in [1.54, 1.807) is 12.1 Å². The molecule has 0 amide bonds. The van der Waals surface area contributed by atoms with Gasteiger partial charge in [0.2, 0.25) is 0 Å². The Balaban J connectivity index is 1.28. The van der Waals surface area contributed by atoms with Gasteiger partial charge in [0.05, 0.1) is 19.8 Å². The molecule has 0 aromatic heterocycles. The average molecular weight is 493 g/mol. The molecule has 2 atom stereocenters. The average Bonchev–Trinajstić information content (AvgIpc) is 3.31. The molecule has 0 radical (unpaired) electrons. The Bertz CT molecular complexity index is 964. The summed E-state index contributed by atoms with van der Waals surface area (Å²) in [6, 6.07) is 13.7. The minimum atomic E-state index is -4.26. The molecule has 3 heterocycles. The number of rotatable bonds is 7. The van der Waals surface area contributed by atoms with Gasteiger partial charge < -0.3 is 9.47 Å². The second kappa shape index (κ2) is 10.5. The van der Waals surface area contributed by atoms with Crippen LogP contribution in [0.25, 0.3) is 0 Å². The lowest BCUT2D eigenvalue weighted by Gasteiger charge is -2.37. The Morgan fingerprint density at radius 2 is 1.79 bits per heavy atom. The molecule has 8 heteroatoms. The molecule has 3 aliphatic rings. The van der Waals surface area contributed by atoms with Gasteiger partial charge >= 0.3 is 5.51 Å². The maximum atomic E-state index is 12.7. The first-order valence-electron chi connectivity index (χ1n) is 12.1. The first-order valence-corrected chi connectivity index (χ1v) is 12.9. The van der Waals surface area contributed by atoms with Crippen LogP contribution in [0.4, 0.5) is 13.2 Å². The van der Waals surface area contributed by atoms with Crippen LogP contribution in [0.15, 0.2) is 47.4 Å². The number of thioether (sulfide) groups is 1. The molecule has 0 bridgehead atoms. The van der Waals surface area contributed by atoms with Crippen molar-refractivity contribution in [1.82, 2.24) is 9.80 Å². The van der Waals surface area contributed by atoms with Gasteiger partial charge in [-0.05, 0) is 78.5 Å². The molecule has 4 nitrogen and oxygen atoms in total. The summed E-state index contributed by atoms with van der Waals surface area (Å²) in [4.78, 5) is 5.17. The fourth-order valence-electron chi connectivity index (χ4n) is 5.47. The first kappa shape index (κ1) is 24.0. The maximum absolute atomic E-state index is 12.7. The fraction of sp³-hybridized carbons (Fsp3) is 0.538. The normalized spacial score (nSPS) is 23.5. The van der Waals surface area contributed by atoms with Crippen LogP contribution < -0.4 is 4.74 Å². The van der Waals surface area contributed by atoms with Crippen LogP contribution in [0.3, 0.4) is 0 Å². The standard InChI is InChI=1S/C26H31F3N2O2S/c27-26(28,29)34-21-7-4-19(5-8-21)24-18-31-11-1-3-25(31)23-17-20(6-9-22(23)24)33-14-2-10-30-12-15-32-16-13-30/h4-9,17,24-25H,1-3,10-16,18H2/t24-,25-/m0/s1. The zero-order valence-corrected chi connectivity index (χ0v) is 20.0. The third-order valence-electron chi connectivity index (χ3n) is 7.08. The molecule has 34 heavy (non-hydrogen) atoms. The number of ether oxygens (including phenoxy) is 2. The third kappa shape index (κ3) is 5.73. The Hall–Kier alpha value is -1.74. The molecule has 2 fully saturated rings. The van der Waals surface area contributed by atoms with Crippen molar-refractivity contribution in [2.45, 2.75) is 41.6 Å². The molecule has 3 aliphatic heterocycles. The Kier molecular flexibility index (Phi) is 7.39. The molecule has 184 valence electrons. The van der Waals surface area contributed by atoms with Gasteiger partial charge in [0.25, 0.3) is 0 Å². The predicted molar refractivity (Wildman–Crippen MR) is 128 cm³/mol. The van der Waals surface area contributed by atoms with Crippen molar-refractivity contribution in [1.29, 1.82) is 0 Å². The zero-order chi connectivity index (χ0) is 23.5. The molecule has 2 aromatic carbocycles. The lowest BCUT2D eigenvalue weighted by Crippen LogP contribution is -2.37. The second-order valence-electron chi connectivity index (χ2n) is 9.27. The number of fused-ring (bicyclic) bond motifs is 3. The van der Waals surface area contributed by atoms with Crippen LogP contribution >= 0.6 is 11.8 Å². The summed E-state index contributed by atoms with van der Waals surface area (Å²) in [6.45, 7) is 7.29. The lowest BCUT2D eigenvalue weighted by atomic mass is 9.81. The van der Waals surface area contributed by atoms with Crippen molar-refractivity contribution >= 4 is 11.8 Å². The highest BCUT2D eigenvalue weighted by molar-refractivity contribution is 8.00. The van der Waals surface area contributed by atoms with E-state index in [4.69, 9.17) is 9.47 Å². The SMILES string of the molecule is FC(F)(F)Sc1ccc([C@@H]2CN3CCC[C@H]3c3cc(OCCCN4CCOCC4)ccc32)cc1. The minimum absolute atomic E-state index is 0.0587. The van der Waals surface area contributed by atoms with Gasteiger partial charge in [-0.2, -0.15) is 13.2 Å². The van der Waals surface area contributed by atoms with Crippen LogP contribution in [0.2, 0.25) is 0 Å². The molecule has 0 saturated carbocycles. The topological polar surface area (TPSA) is 24.9 Å². The van der Waals surface area contributed by atoms with Crippen LogP contribution in [-0.2, 0) is 4.74 Å². The van der Waals surface area contributed by atoms with E-state index in [0.29, 0.717) is 12.6 Å². The summed E-state index contributed by atoms with van der Waals surface area (Å²) < 4.78 is 49.7. The molecule has 0 aliphatic carbocycles. The molecule has 2 aromatic rings. The van der Waals surface area contributed by atoms with Gasteiger partial charge in [0, 0.05) is 43.0 Å². The van der Waals surface area contributed by atoms with E-state index in [1.165, 1.54) is 17.5 Å². The lowest BCUT2D eigenvalue weighted by molar-refractivity contribution is -0.0328. The number of alkyl halides is 3. The molecule has 2 saturated heterocycles. The number of hydrogen-bond donors (Lipinski definition) is 0. The predicted octanol–water partition coefficient (Wildman–Crippen LogP) is 5.68. The van der Waals surface area contributed by atoms with Gasteiger partial charge in [0.1, 0.15) is 5.75 Å². The maximum Gasteiger partial charge on any atom is 0.446 e. The van der Waals surface area contributed by atoms with Crippen molar-refractivity contribution in [2.24, 2.45) is 0 Å². The van der Waals surface area contributed by atoms with Crippen LogP contribution in [0, 0.1) is 0 Å². The Morgan fingerprint density at radius 1 is 1.00 bits per heavy atom. The summed E-state index contributed by atoms with van der Waals surface area (Å²) >= 11 is -0.0587. The summed E-state index contributed by atoms with van der Waals surface area (Å²) in [5.41, 5.74) is -0.606.